The lowest BCUT2D eigenvalue weighted by molar-refractivity contribution is -0.192. The van der Waals surface area contributed by atoms with Gasteiger partial charge in [-0.05, 0) is 32.9 Å². The van der Waals surface area contributed by atoms with Crippen molar-refractivity contribution in [1.29, 1.82) is 0 Å². The molecule has 0 bridgehead atoms. The number of aromatic nitrogens is 2. The van der Waals surface area contributed by atoms with Crippen molar-refractivity contribution in [3.05, 3.63) is 62.4 Å². The first-order valence-electron chi connectivity index (χ1n) is 11.5. The number of benzene rings is 1. The van der Waals surface area contributed by atoms with E-state index in [-0.39, 0.29) is 5.75 Å². The molecule has 2 heterocycles. The van der Waals surface area contributed by atoms with Crippen molar-refractivity contribution in [2.24, 2.45) is 0 Å². The van der Waals surface area contributed by atoms with Crippen LogP contribution in [0.1, 0.15) is 27.0 Å². The van der Waals surface area contributed by atoms with E-state index in [4.69, 9.17) is 30.1 Å². The Hall–Kier alpha value is -2.65. The molecule has 3 rings (SSSR count). The highest BCUT2D eigenvalue weighted by Crippen LogP contribution is 2.49. The Bertz CT molecular complexity index is 1330. The Balaban J connectivity index is 1.92. The molecule has 1 unspecified atom stereocenters. The van der Waals surface area contributed by atoms with Gasteiger partial charge in [0.15, 0.2) is 11.8 Å². The Morgan fingerprint density at radius 2 is 1.90 bits per heavy atom. The normalized spacial score (nSPS) is 25.4. The maximum atomic E-state index is 14.4. The molecule has 6 atom stereocenters. The molecule has 1 aliphatic rings. The minimum atomic E-state index is -4.69. The largest absolute Gasteiger partial charge is 0.462 e. The topological polar surface area (TPSA) is 178 Å². The number of aliphatic hydroxyl groups is 2. The second-order valence-electron chi connectivity index (χ2n) is 8.85. The predicted octanol–water partition coefficient (Wildman–Crippen LogP) is 1.58. The number of ether oxygens (including phenoxy) is 2. The van der Waals surface area contributed by atoms with Crippen LogP contribution in [0.4, 0.5) is 8.78 Å². The summed E-state index contributed by atoms with van der Waals surface area (Å²) in [5.41, 5.74) is -5.21. The van der Waals surface area contributed by atoms with Crippen molar-refractivity contribution in [3.8, 4) is 5.75 Å². The molecule has 17 heteroatoms. The lowest BCUT2D eigenvalue weighted by Gasteiger charge is -2.32. The van der Waals surface area contributed by atoms with Gasteiger partial charge >= 0.3 is 19.4 Å². The van der Waals surface area contributed by atoms with E-state index in [2.05, 4.69) is 5.09 Å². The van der Waals surface area contributed by atoms with Crippen molar-refractivity contribution < 1.29 is 46.9 Å². The number of hydrogen-bond acceptors (Lipinski definition) is 10. The van der Waals surface area contributed by atoms with Crippen molar-refractivity contribution >= 4 is 25.3 Å². The number of alkyl halides is 2. The number of para-hydroxylation sites is 1. The molecule has 216 valence electrons. The number of aliphatic hydroxyl groups excluding tert-OH is 2. The lowest BCUT2D eigenvalue weighted by atomic mass is 9.96. The number of aromatic amines is 1. The van der Waals surface area contributed by atoms with Crippen LogP contribution in [-0.4, -0.2) is 68.7 Å². The van der Waals surface area contributed by atoms with Gasteiger partial charge in [-0.25, -0.2) is 18.1 Å². The predicted molar refractivity (Wildman–Crippen MR) is 132 cm³/mol. The fraction of sp³-hybridized carbons (Fsp3) is 0.500. The van der Waals surface area contributed by atoms with Gasteiger partial charge in [0.1, 0.15) is 29.0 Å². The molecule has 4 N–H and O–H groups in total. The number of carbonyl (C=O) groups is 1. The smallest absolute Gasteiger partial charge is 0.459 e. The van der Waals surface area contributed by atoms with Crippen LogP contribution < -0.4 is 20.9 Å². The van der Waals surface area contributed by atoms with E-state index in [0.29, 0.717) is 4.57 Å². The second-order valence-corrected chi connectivity index (χ2v) is 11.0. The molecule has 13 nitrogen and oxygen atoms in total. The van der Waals surface area contributed by atoms with Gasteiger partial charge in [0.25, 0.3) is 12.0 Å². The maximum Gasteiger partial charge on any atom is 0.459 e. The van der Waals surface area contributed by atoms with Gasteiger partial charge in [0, 0.05) is 6.20 Å². The minimum absolute atomic E-state index is 0.0240. The molecule has 1 aromatic carbocycles. The monoisotopic (exact) mass is 597 g/mol. The molecular weight excluding hydrogens is 571 g/mol. The van der Waals surface area contributed by atoms with Gasteiger partial charge in [-0.1, -0.05) is 29.8 Å². The summed E-state index contributed by atoms with van der Waals surface area (Å²) in [6.45, 7) is 3.07. The number of carbonyl (C=O) groups excluding carboxylic acids is 1. The second kappa shape index (κ2) is 12.3. The van der Waals surface area contributed by atoms with Crippen LogP contribution in [0.25, 0.3) is 0 Å². The summed E-state index contributed by atoms with van der Waals surface area (Å²) in [7, 11) is -4.69. The van der Waals surface area contributed by atoms with Gasteiger partial charge in [-0.3, -0.25) is 23.7 Å². The average molecular weight is 598 g/mol. The maximum absolute atomic E-state index is 14.4. The zero-order valence-electron chi connectivity index (χ0n) is 20.8. The Kier molecular flexibility index (Phi) is 9.70. The Morgan fingerprint density at radius 1 is 1.26 bits per heavy atom. The molecule has 0 spiro atoms. The number of halogens is 3. The summed E-state index contributed by atoms with van der Waals surface area (Å²) in [5, 5.41) is 22.9. The summed E-state index contributed by atoms with van der Waals surface area (Å²) in [6, 6.07) is 6.12. The number of rotatable bonds is 11. The first-order chi connectivity index (χ1) is 18.2. The molecule has 1 saturated heterocycles. The van der Waals surface area contributed by atoms with Crippen LogP contribution in [0.15, 0.2) is 46.1 Å². The van der Waals surface area contributed by atoms with Crippen LogP contribution in [0.3, 0.4) is 0 Å². The molecule has 0 radical (unpaired) electrons. The molecule has 1 fully saturated rings. The Morgan fingerprint density at radius 3 is 2.49 bits per heavy atom. The molecule has 1 aromatic heterocycles. The first-order valence-corrected chi connectivity index (χ1v) is 13.4. The number of hydrogen-bond donors (Lipinski definition) is 4. The average Bonchev–Trinajstić information content (AvgIpc) is 3.11. The summed E-state index contributed by atoms with van der Waals surface area (Å²) < 4.78 is 63.9. The summed E-state index contributed by atoms with van der Waals surface area (Å²) in [6.07, 6.45) is -9.86. The third kappa shape index (κ3) is 6.92. The highest BCUT2D eigenvalue weighted by atomic mass is 35.5. The summed E-state index contributed by atoms with van der Waals surface area (Å²) in [5.74, 6) is -0.875. The van der Waals surface area contributed by atoms with Gasteiger partial charge < -0.3 is 24.2 Å². The Labute approximate surface area is 225 Å². The fourth-order valence-electron chi connectivity index (χ4n) is 3.56. The highest BCUT2D eigenvalue weighted by Gasteiger charge is 2.61. The van der Waals surface area contributed by atoms with E-state index in [9.17, 15) is 37.9 Å². The molecular formula is C22H27ClF2N3O10P. The number of esters is 1. The van der Waals surface area contributed by atoms with Crippen molar-refractivity contribution in [2.45, 2.75) is 63.4 Å². The molecule has 0 aliphatic carbocycles. The van der Waals surface area contributed by atoms with Gasteiger partial charge in [0.2, 0.25) is 0 Å². The third-order valence-corrected chi connectivity index (χ3v) is 7.40. The van der Waals surface area contributed by atoms with E-state index in [1.165, 1.54) is 31.2 Å². The van der Waals surface area contributed by atoms with Crippen molar-refractivity contribution in [3.63, 3.8) is 0 Å². The lowest BCUT2D eigenvalue weighted by Crippen LogP contribution is -2.53. The molecule has 2 aromatic rings. The molecule has 1 aliphatic heterocycles. The van der Waals surface area contributed by atoms with Gasteiger partial charge in [0.05, 0.1) is 12.7 Å². The van der Waals surface area contributed by atoms with Gasteiger partial charge in [-0.2, -0.15) is 5.09 Å². The standard InChI is InChI=1S/C22H27ClF2N3O10P/c1-11(2)36-19(32)12(3)27-39(34,38-13-7-5-4-6-8-13)35-10-22(20(24)25)16(30)15(29)18(37-22)28-9-14(23)17(31)26-21(28)33/h4-9,11-12,15-16,18,20,29-30H,10H2,1-3H3,(H,27,34)(H,26,31,33)/t12-,15+,16+,18+,22+,39?/m0/s1. The molecule has 0 amide bonds. The van der Waals surface area contributed by atoms with E-state index < -0.39 is 79.2 Å². The first kappa shape index (κ1) is 30.9. The van der Waals surface area contributed by atoms with E-state index in [1.54, 1.807) is 19.9 Å². The van der Waals surface area contributed by atoms with Crippen LogP contribution >= 0.6 is 19.3 Å². The van der Waals surface area contributed by atoms with E-state index in [1.807, 2.05) is 4.98 Å². The van der Waals surface area contributed by atoms with E-state index in [0.717, 1.165) is 6.20 Å². The van der Waals surface area contributed by atoms with Crippen LogP contribution in [-0.2, 0) is 23.4 Å². The van der Waals surface area contributed by atoms with Crippen LogP contribution in [0, 0.1) is 0 Å². The molecule has 0 saturated carbocycles. The highest BCUT2D eigenvalue weighted by molar-refractivity contribution is 7.52. The SMILES string of the molecule is CC(C)OC(=O)[C@H](C)NP(=O)(OC[C@@]1(C(F)F)O[C@@H](n2cc(Cl)c(=O)[nH]c2=O)[C@H](O)[C@H]1O)Oc1ccccc1. The van der Waals surface area contributed by atoms with Crippen LogP contribution in [0.5, 0.6) is 5.75 Å². The summed E-state index contributed by atoms with van der Waals surface area (Å²) in [4.78, 5) is 37.9. The van der Waals surface area contributed by atoms with Crippen molar-refractivity contribution in [1.82, 2.24) is 14.6 Å². The summed E-state index contributed by atoms with van der Waals surface area (Å²) >= 11 is 5.71. The number of H-pyrrole nitrogens is 1. The molecule has 39 heavy (non-hydrogen) atoms. The quantitative estimate of drug-likeness (QED) is 0.218. The number of nitrogens with zero attached hydrogens (tertiary/aromatic N) is 1. The zero-order valence-corrected chi connectivity index (χ0v) is 22.5. The third-order valence-electron chi connectivity index (χ3n) is 5.51. The minimum Gasteiger partial charge on any atom is -0.462 e. The van der Waals surface area contributed by atoms with Crippen molar-refractivity contribution in [2.75, 3.05) is 6.61 Å². The van der Waals surface area contributed by atoms with Gasteiger partial charge in [-0.15, -0.1) is 0 Å². The van der Waals surface area contributed by atoms with Crippen LogP contribution in [0.2, 0.25) is 5.02 Å². The fourth-order valence-corrected chi connectivity index (χ4v) is 5.25. The number of nitrogens with one attached hydrogen (secondary N) is 2. The zero-order chi connectivity index (χ0) is 29.1. The van der Waals surface area contributed by atoms with E-state index >= 15 is 0 Å².